The molecule has 0 amide bonds. The van der Waals surface area contributed by atoms with Crippen molar-refractivity contribution in [1.82, 2.24) is 4.98 Å². The Morgan fingerprint density at radius 3 is 2.26 bits per heavy atom. The maximum atomic E-state index is 6.28. The Bertz CT molecular complexity index is 461. The van der Waals surface area contributed by atoms with Crippen LogP contribution in [0, 0.1) is 0 Å². The highest BCUT2D eigenvalue weighted by Gasteiger charge is 2.52. The van der Waals surface area contributed by atoms with Crippen LogP contribution in [-0.2, 0) is 15.7 Å². The molecule has 0 spiro atoms. The van der Waals surface area contributed by atoms with Crippen LogP contribution < -0.4 is 5.59 Å². The van der Waals surface area contributed by atoms with Gasteiger partial charge in [0.25, 0.3) is 0 Å². The van der Waals surface area contributed by atoms with E-state index in [1.54, 1.807) is 0 Å². The molecule has 0 unspecified atom stereocenters. The Hall–Kier alpha value is -0.575. The fraction of sp³-hybridized carbons (Fsp3) is 0.643. The van der Waals surface area contributed by atoms with Gasteiger partial charge in [-0.25, -0.2) is 0 Å². The summed E-state index contributed by atoms with van der Waals surface area (Å²) in [5.74, 6) is 0. The van der Waals surface area contributed by atoms with Crippen molar-refractivity contribution in [3.63, 3.8) is 0 Å². The van der Waals surface area contributed by atoms with Crippen LogP contribution in [0.25, 0.3) is 0 Å². The zero-order valence-electron chi connectivity index (χ0n) is 12.3. The lowest BCUT2D eigenvalue weighted by Crippen LogP contribution is -2.41. The van der Waals surface area contributed by atoms with E-state index in [0.29, 0.717) is 0 Å². The van der Waals surface area contributed by atoms with E-state index in [-0.39, 0.29) is 11.2 Å². The van der Waals surface area contributed by atoms with Gasteiger partial charge in [-0.3, -0.25) is 4.98 Å². The molecule has 104 valence electrons. The van der Waals surface area contributed by atoms with Crippen LogP contribution in [0.3, 0.4) is 0 Å². The lowest BCUT2D eigenvalue weighted by Gasteiger charge is -2.32. The van der Waals surface area contributed by atoms with Crippen LogP contribution in [0.1, 0.15) is 46.6 Å². The van der Waals surface area contributed by atoms with Gasteiger partial charge in [0.1, 0.15) is 0 Å². The Labute approximate surface area is 120 Å². The normalized spacial score (nSPS) is 20.8. The summed E-state index contributed by atoms with van der Waals surface area (Å²) in [5, 5.41) is 0.738. The van der Waals surface area contributed by atoms with Crippen LogP contribution in [0.15, 0.2) is 12.3 Å². The summed E-state index contributed by atoms with van der Waals surface area (Å²) in [6, 6.07) is 1.86. The average molecular weight is 282 g/mol. The molecule has 1 aliphatic rings. The zero-order valence-corrected chi connectivity index (χ0v) is 13.0. The summed E-state index contributed by atoms with van der Waals surface area (Å²) in [6.07, 6.45) is 3.82. The van der Waals surface area contributed by atoms with Gasteiger partial charge in [-0.05, 0) is 45.7 Å². The van der Waals surface area contributed by atoms with Gasteiger partial charge in [-0.15, -0.1) is 0 Å². The number of hydrogen-bond donors (Lipinski definition) is 0. The highest BCUT2D eigenvalue weighted by Crippen LogP contribution is 2.36. The summed E-state index contributed by atoms with van der Waals surface area (Å²) in [4.78, 5) is 4.44. The molecule has 0 bridgehead atoms. The van der Waals surface area contributed by atoms with Gasteiger partial charge in [-0.2, -0.15) is 0 Å². The van der Waals surface area contributed by atoms with Crippen molar-refractivity contribution >= 4 is 24.3 Å². The molecule has 2 heterocycles. The monoisotopic (exact) mass is 281 g/mol. The van der Waals surface area contributed by atoms with Crippen LogP contribution >= 0.6 is 11.6 Å². The molecule has 0 atom stereocenters. The van der Waals surface area contributed by atoms with Crippen molar-refractivity contribution in [3.8, 4) is 0 Å². The van der Waals surface area contributed by atoms with Gasteiger partial charge in [-0.1, -0.05) is 24.9 Å². The van der Waals surface area contributed by atoms with Crippen LogP contribution in [0.4, 0.5) is 0 Å². The lowest BCUT2D eigenvalue weighted by atomic mass is 9.84. The molecule has 3 nitrogen and oxygen atoms in total. The average Bonchev–Trinajstić information content (AvgIpc) is 2.51. The van der Waals surface area contributed by atoms with Crippen molar-refractivity contribution in [2.45, 2.75) is 58.7 Å². The summed E-state index contributed by atoms with van der Waals surface area (Å²) < 4.78 is 11.9. The van der Waals surface area contributed by atoms with Gasteiger partial charge in [0.15, 0.2) is 0 Å². The van der Waals surface area contributed by atoms with Crippen molar-refractivity contribution < 1.29 is 9.31 Å². The molecule has 1 aromatic rings. The molecular formula is C14H21BClNO2. The first-order valence-corrected chi connectivity index (χ1v) is 7.14. The Morgan fingerprint density at radius 1 is 1.21 bits per heavy atom. The minimum atomic E-state index is -0.446. The quantitative estimate of drug-likeness (QED) is 0.798. The van der Waals surface area contributed by atoms with Crippen molar-refractivity contribution in [2.24, 2.45) is 0 Å². The fourth-order valence-corrected chi connectivity index (χ4v) is 2.28. The van der Waals surface area contributed by atoms with E-state index in [0.717, 1.165) is 29.0 Å². The maximum Gasteiger partial charge on any atom is 0.514 e. The van der Waals surface area contributed by atoms with Crippen LogP contribution in [0.2, 0.25) is 5.02 Å². The second-order valence-electron chi connectivity index (χ2n) is 6.04. The first-order valence-electron chi connectivity index (χ1n) is 6.77. The van der Waals surface area contributed by atoms with E-state index in [4.69, 9.17) is 20.9 Å². The van der Waals surface area contributed by atoms with E-state index in [1.165, 1.54) is 0 Å². The zero-order chi connectivity index (χ0) is 14.3. The molecule has 5 heteroatoms. The molecule has 0 radical (unpaired) electrons. The second kappa shape index (κ2) is 5.08. The van der Waals surface area contributed by atoms with Crippen LogP contribution in [-0.4, -0.2) is 23.3 Å². The second-order valence-corrected chi connectivity index (χ2v) is 6.45. The number of pyridine rings is 1. The van der Waals surface area contributed by atoms with Crippen molar-refractivity contribution in [2.75, 3.05) is 0 Å². The lowest BCUT2D eigenvalue weighted by molar-refractivity contribution is 0.00578. The molecule has 1 aliphatic heterocycles. The molecule has 19 heavy (non-hydrogen) atoms. The highest BCUT2D eigenvalue weighted by atomic mass is 35.5. The number of rotatable bonds is 3. The third-order valence-corrected chi connectivity index (χ3v) is 4.32. The van der Waals surface area contributed by atoms with Gasteiger partial charge < -0.3 is 9.31 Å². The standard InChI is InChI=1S/C14H21BClNO2/c1-6-7-10-9-17-12(8-11(10)16)15-18-13(2,3)14(4,5)19-15/h8-9H,6-7H2,1-5H3. The number of hydrogen-bond acceptors (Lipinski definition) is 3. The van der Waals surface area contributed by atoms with E-state index in [9.17, 15) is 0 Å². The smallest absolute Gasteiger partial charge is 0.398 e. The SMILES string of the molecule is CCCc1cnc(B2OC(C)(C)C(C)(C)O2)cc1Cl. The van der Waals surface area contributed by atoms with E-state index >= 15 is 0 Å². The van der Waals surface area contributed by atoms with E-state index in [1.807, 2.05) is 40.0 Å². The first-order chi connectivity index (χ1) is 8.77. The molecular weight excluding hydrogens is 260 g/mol. The molecule has 0 N–H and O–H groups in total. The minimum absolute atomic E-state index is 0.353. The van der Waals surface area contributed by atoms with E-state index in [2.05, 4.69) is 11.9 Å². The number of halogens is 1. The predicted molar refractivity (Wildman–Crippen MR) is 79.0 cm³/mol. The molecule has 1 fully saturated rings. The maximum absolute atomic E-state index is 6.28. The summed E-state index contributed by atoms with van der Waals surface area (Å²) in [7, 11) is -0.446. The largest absolute Gasteiger partial charge is 0.514 e. The third kappa shape index (κ3) is 2.81. The Balaban J connectivity index is 2.23. The minimum Gasteiger partial charge on any atom is -0.398 e. The summed E-state index contributed by atoms with van der Waals surface area (Å²) >= 11 is 6.28. The topological polar surface area (TPSA) is 31.4 Å². The van der Waals surface area contributed by atoms with Crippen molar-refractivity contribution in [1.29, 1.82) is 0 Å². The molecule has 0 saturated carbocycles. The van der Waals surface area contributed by atoms with Gasteiger partial charge in [0.2, 0.25) is 0 Å². The van der Waals surface area contributed by atoms with Gasteiger partial charge in [0, 0.05) is 11.2 Å². The number of nitrogens with zero attached hydrogens (tertiary/aromatic N) is 1. The first kappa shape index (κ1) is 14.8. The summed E-state index contributed by atoms with van der Waals surface area (Å²) in [5.41, 5.74) is 1.11. The molecule has 1 saturated heterocycles. The van der Waals surface area contributed by atoms with Gasteiger partial charge in [0.05, 0.1) is 16.8 Å². The predicted octanol–water partition coefficient (Wildman–Crippen LogP) is 2.99. The highest BCUT2D eigenvalue weighted by molar-refractivity contribution is 6.61. The third-order valence-electron chi connectivity index (χ3n) is 3.96. The summed E-state index contributed by atoms with van der Waals surface area (Å²) in [6.45, 7) is 10.2. The van der Waals surface area contributed by atoms with Gasteiger partial charge >= 0.3 is 7.12 Å². The molecule has 2 rings (SSSR count). The van der Waals surface area contributed by atoms with Crippen molar-refractivity contribution in [3.05, 3.63) is 22.8 Å². The Kier molecular flexibility index (Phi) is 3.96. The van der Waals surface area contributed by atoms with Crippen LogP contribution in [0.5, 0.6) is 0 Å². The number of aryl methyl sites for hydroxylation is 1. The molecule has 1 aromatic heterocycles. The fourth-order valence-electron chi connectivity index (χ4n) is 2.02. The Morgan fingerprint density at radius 2 is 1.79 bits per heavy atom. The molecule has 0 aromatic carbocycles. The van der Waals surface area contributed by atoms with E-state index < -0.39 is 7.12 Å². The molecule has 0 aliphatic carbocycles. The number of aromatic nitrogens is 1.